The van der Waals surface area contributed by atoms with E-state index in [1.54, 1.807) is 12.1 Å². The maximum absolute atomic E-state index is 10.4. The molecule has 100 valence electrons. The minimum absolute atomic E-state index is 0.181. The van der Waals surface area contributed by atoms with Crippen LogP contribution in [0.5, 0.6) is 0 Å². The lowest BCUT2D eigenvalue weighted by atomic mass is 10.0. The molecule has 0 bridgehead atoms. The van der Waals surface area contributed by atoms with Crippen LogP contribution in [0.25, 0.3) is 0 Å². The molecule has 0 aliphatic carbocycles. The van der Waals surface area contributed by atoms with Gasteiger partial charge in [-0.25, -0.2) is 0 Å². The van der Waals surface area contributed by atoms with E-state index in [9.17, 15) is 5.11 Å². The second-order valence-corrected chi connectivity index (χ2v) is 5.43. The van der Waals surface area contributed by atoms with Crippen LogP contribution in [0.1, 0.15) is 25.5 Å². The van der Waals surface area contributed by atoms with Crippen LogP contribution >= 0.6 is 11.6 Å². The van der Waals surface area contributed by atoms with Gasteiger partial charge < -0.3 is 9.84 Å². The predicted molar refractivity (Wildman–Crippen MR) is 72.9 cm³/mol. The first-order valence-corrected chi connectivity index (χ1v) is 6.75. The quantitative estimate of drug-likeness (QED) is 0.915. The van der Waals surface area contributed by atoms with E-state index in [4.69, 9.17) is 16.3 Å². The molecule has 0 amide bonds. The highest BCUT2D eigenvalue weighted by Gasteiger charge is 2.28. The molecule has 1 N–H and O–H groups in total. The molecule has 1 heterocycles. The summed E-state index contributed by atoms with van der Waals surface area (Å²) in [5.41, 5.74) is 0.818. The number of nitrogens with zero attached hydrogens (tertiary/aromatic N) is 1. The lowest BCUT2D eigenvalue weighted by molar-refractivity contribution is -0.0961. The molecule has 1 aromatic carbocycles. The topological polar surface area (TPSA) is 32.7 Å². The van der Waals surface area contributed by atoms with Crippen molar-refractivity contribution in [2.75, 3.05) is 19.7 Å². The number of aliphatic hydroxyl groups is 1. The number of halogens is 1. The molecule has 2 rings (SSSR count). The maximum Gasteiger partial charge on any atom is 0.106 e. The Kier molecular flexibility index (Phi) is 4.62. The number of rotatable bonds is 3. The summed E-state index contributed by atoms with van der Waals surface area (Å²) in [6.07, 6.45) is -0.801. The summed E-state index contributed by atoms with van der Waals surface area (Å²) in [5.74, 6) is 0. The van der Waals surface area contributed by atoms with Crippen molar-refractivity contribution in [1.82, 2.24) is 4.90 Å². The summed E-state index contributed by atoms with van der Waals surface area (Å²) in [7, 11) is 0. The molecule has 0 saturated carbocycles. The SMILES string of the molecule is CC(C)N1CCOC(C(O)c2cccc(Cl)c2)C1. The third-order valence-corrected chi connectivity index (χ3v) is 3.63. The molecule has 4 heteroatoms. The van der Waals surface area contributed by atoms with Gasteiger partial charge in [-0.05, 0) is 31.5 Å². The van der Waals surface area contributed by atoms with Crippen molar-refractivity contribution in [1.29, 1.82) is 0 Å². The van der Waals surface area contributed by atoms with Crippen LogP contribution in [-0.4, -0.2) is 41.8 Å². The molecule has 1 aliphatic heterocycles. The van der Waals surface area contributed by atoms with E-state index < -0.39 is 6.10 Å². The molecule has 1 fully saturated rings. The lowest BCUT2D eigenvalue weighted by Crippen LogP contribution is -2.47. The zero-order valence-corrected chi connectivity index (χ0v) is 11.6. The summed E-state index contributed by atoms with van der Waals surface area (Å²) in [6.45, 7) is 6.67. The van der Waals surface area contributed by atoms with Gasteiger partial charge in [0.1, 0.15) is 12.2 Å². The van der Waals surface area contributed by atoms with Gasteiger partial charge in [0.05, 0.1) is 6.61 Å². The predicted octanol–water partition coefficient (Wildman–Crippen LogP) is 2.48. The monoisotopic (exact) mass is 269 g/mol. The van der Waals surface area contributed by atoms with Crippen molar-refractivity contribution >= 4 is 11.6 Å². The molecular formula is C14H20ClNO2. The molecule has 1 aliphatic rings. The van der Waals surface area contributed by atoms with Gasteiger partial charge in [-0.15, -0.1) is 0 Å². The summed E-state index contributed by atoms with van der Waals surface area (Å²) >= 11 is 5.94. The average Bonchev–Trinajstić information content (AvgIpc) is 2.38. The van der Waals surface area contributed by atoms with Crippen LogP contribution in [0, 0.1) is 0 Å². The second kappa shape index (κ2) is 6.02. The third kappa shape index (κ3) is 3.23. The van der Waals surface area contributed by atoms with Crippen molar-refractivity contribution in [3.8, 4) is 0 Å². The minimum atomic E-state index is -0.620. The Morgan fingerprint density at radius 1 is 1.44 bits per heavy atom. The molecule has 0 radical (unpaired) electrons. The molecule has 0 aromatic heterocycles. The Labute approximate surface area is 113 Å². The molecule has 1 saturated heterocycles. The molecule has 2 atom stereocenters. The van der Waals surface area contributed by atoms with Crippen molar-refractivity contribution in [2.24, 2.45) is 0 Å². The van der Waals surface area contributed by atoms with Crippen molar-refractivity contribution in [3.63, 3.8) is 0 Å². The molecular weight excluding hydrogens is 250 g/mol. The molecule has 18 heavy (non-hydrogen) atoms. The van der Waals surface area contributed by atoms with E-state index in [1.807, 2.05) is 12.1 Å². The van der Waals surface area contributed by atoms with Crippen LogP contribution in [0.15, 0.2) is 24.3 Å². The van der Waals surface area contributed by atoms with E-state index in [0.717, 1.165) is 18.7 Å². The lowest BCUT2D eigenvalue weighted by Gasteiger charge is -2.37. The first-order chi connectivity index (χ1) is 8.58. The second-order valence-electron chi connectivity index (χ2n) is 5.00. The summed E-state index contributed by atoms with van der Waals surface area (Å²) in [5, 5.41) is 11.0. The fourth-order valence-corrected chi connectivity index (χ4v) is 2.46. The van der Waals surface area contributed by atoms with E-state index in [1.165, 1.54) is 0 Å². The molecule has 3 nitrogen and oxygen atoms in total. The number of aliphatic hydroxyl groups excluding tert-OH is 1. The third-order valence-electron chi connectivity index (χ3n) is 3.40. The fourth-order valence-electron chi connectivity index (χ4n) is 2.26. The van der Waals surface area contributed by atoms with Gasteiger partial charge in [0.2, 0.25) is 0 Å². The minimum Gasteiger partial charge on any atom is -0.386 e. The van der Waals surface area contributed by atoms with Crippen LogP contribution in [0.2, 0.25) is 5.02 Å². The Balaban J connectivity index is 2.06. The fraction of sp³-hybridized carbons (Fsp3) is 0.571. The van der Waals surface area contributed by atoms with Gasteiger partial charge in [0, 0.05) is 24.2 Å². The summed E-state index contributed by atoms with van der Waals surface area (Å²) < 4.78 is 5.68. The van der Waals surface area contributed by atoms with E-state index in [-0.39, 0.29) is 6.10 Å². The Bertz CT molecular complexity index is 397. The van der Waals surface area contributed by atoms with Gasteiger partial charge in [-0.1, -0.05) is 23.7 Å². The largest absolute Gasteiger partial charge is 0.386 e. The smallest absolute Gasteiger partial charge is 0.106 e. The van der Waals surface area contributed by atoms with Gasteiger partial charge in [-0.2, -0.15) is 0 Å². The average molecular weight is 270 g/mol. The number of ether oxygens (including phenoxy) is 1. The van der Waals surface area contributed by atoms with Crippen molar-refractivity contribution in [3.05, 3.63) is 34.9 Å². The van der Waals surface area contributed by atoms with Crippen molar-refractivity contribution in [2.45, 2.75) is 32.1 Å². The van der Waals surface area contributed by atoms with Crippen LogP contribution in [0.4, 0.5) is 0 Å². The first kappa shape index (κ1) is 13.8. The number of hydrogen-bond donors (Lipinski definition) is 1. The van der Waals surface area contributed by atoms with Gasteiger partial charge >= 0.3 is 0 Å². The van der Waals surface area contributed by atoms with E-state index >= 15 is 0 Å². The molecule has 0 spiro atoms. The highest BCUT2D eigenvalue weighted by Crippen LogP contribution is 2.25. The van der Waals surface area contributed by atoms with E-state index in [0.29, 0.717) is 17.7 Å². The Morgan fingerprint density at radius 3 is 2.89 bits per heavy atom. The Morgan fingerprint density at radius 2 is 2.22 bits per heavy atom. The summed E-state index contributed by atoms with van der Waals surface area (Å²) in [4.78, 5) is 2.32. The highest BCUT2D eigenvalue weighted by molar-refractivity contribution is 6.30. The molecule has 2 unspecified atom stereocenters. The van der Waals surface area contributed by atoms with E-state index in [2.05, 4.69) is 18.7 Å². The molecule has 1 aromatic rings. The van der Waals surface area contributed by atoms with Crippen molar-refractivity contribution < 1.29 is 9.84 Å². The highest BCUT2D eigenvalue weighted by atomic mass is 35.5. The normalized spacial score (nSPS) is 23.3. The van der Waals surface area contributed by atoms with Gasteiger partial charge in [0.25, 0.3) is 0 Å². The van der Waals surface area contributed by atoms with Gasteiger partial charge in [0.15, 0.2) is 0 Å². The zero-order chi connectivity index (χ0) is 13.1. The van der Waals surface area contributed by atoms with Gasteiger partial charge in [-0.3, -0.25) is 4.90 Å². The summed E-state index contributed by atoms with van der Waals surface area (Å²) in [6, 6.07) is 7.81. The first-order valence-electron chi connectivity index (χ1n) is 6.37. The number of hydrogen-bond acceptors (Lipinski definition) is 3. The van der Waals surface area contributed by atoms with Crippen LogP contribution < -0.4 is 0 Å². The van der Waals surface area contributed by atoms with Crippen LogP contribution in [0.3, 0.4) is 0 Å². The standard InChI is InChI=1S/C14H20ClNO2/c1-10(2)16-6-7-18-13(9-16)14(17)11-4-3-5-12(15)8-11/h3-5,8,10,13-14,17H,6-7,9H2,1-2H3. The maximum atomic E-state index is 10.4. The Hall–Kier alpha value is -0.610. The number of morpholine rings is 1. The van der Waals surface area contributed by atoms with Crippen LogP contribution in [-0.2, 0) is 4.74 Å². The number of benzene rings is 1. The zero-order valence-electron chi connectivity index (χ0n) is 10.8.